The van der Waals surface area contributed by atoms with Gasteiger partial charge in [-0.05, 0) is 13.8 Å². The molecule has 0 spiro atoms. The zero-order valence-electron chi connectivity index (χ0n) is 8.98. The van der Waals surface area contributed by atoms with E-state index in [9.17, 15) is 4.79 Å². The van der Waals surface area contributed by atoms with Crippen LogP contribution in [0.25, 0.3) is 0 Å². The summed E-state index contributed by atoms with van der Waals surface area (Å²) >= 11 is 1.57. The molecule has 0 aliphatic heterocycles. The van der Waals surface area contributed by atoms with Crippen LogP contribution in [0, 0.1) is 0 Å². The lowest BCUT2D eigenvalue weighted by Crippen LogP contribution is -2.32. The minimum atomic E-state index is -0.377. The van der Waals surface area contributed by atoms with E-state index < -0.39 is 0 Å². The van der Waals surface area contributed by atoms with Gasteiger partial charge in [0.15, 0.2) is 0 Å². The standard InChI is InChI=1S/C10H14N2O2S/c1-10(2,9-11-6-7-15-9)12-5-4-8(13)14-3/h4-7,12H,1-3H3/b5-4+. The summed E-state index contributed by atoms with van der Waals surface area (Å²) in [5.74, 6) is -0.377. The molecule has 1 rings (SSSR count). The average Bonchev–Trinajstić information content (AvgIpc) is 2.70. The Morgan fingerprint density at radius 1 is 1.67 bits per heavy atom. The molecule has 1 N–H and O–H groups in total. The van der Waals surface area contributed by atoms with E-state index in [0.29, 0.717) is 0 Å². The minimum Gasteiger partial charge on any atom is -0.466 e. The SMILES string of the molecule is COC(=O)/C=C/NC(C)(C)c1nccs1. The average molecular weight is 226 g/mol. The largest absolute Gasteiger partial charge is 0.466 e. The van der Waals surface area contributed by atoms with Gasteiger partial charge in [0, 0.05) is 23.9 Å². The van der Waals surface area contributed by atoms with E-state index in [-0.39, 0.29) is 11.5 Å². The second-order valence-electron chi connectivity index (χ2n) is 3.46. The van der Waals surface area contributed by atoms with Crippen LogP contribution >= 0.6 is 11.3 Å². The van der Waals surface area contributed by atoms with Crippen molar-refractivity contribution < 1.29 is 9.53 Å². The lowest BCUT2D eigenvalue weighted by atomic mass is 10.1. The highest BCUT2D eigenvalue weighted by Gasteiger charge is 2.20. The number of carbonyl (C=O) groups is 1. The van der Waals surface area contributed by atoms with Crippen LogP contribution in [0.2, 0.25) is 0 Å². The number of carbonyl (C=O) groups excluding carboxylic acids is 1. The van der Waals surface area contributed by atoms with Gasteiger partial charge in [-0.15, -0.1) is 11.3 Å². The van der Waals surface area contributed by atoms with Gasteiger partial charge in [-0.3, -0.25) is 0 Å². The summed E-state index contributed by atoms with van der Waals surface area (Å²) in [6, 6.07) is 0. The highest BCUT2D eigenvalue weighted by Crippen LogP contribution is 2.21. The summed E-state index contributed by atoms with van der Waals surface area (Å²) in [5.41, 5.74) is -0.279. The maximum absolute atomic E-state index is 10.8. The van der Waals surface area contributed by atoms with Crippen LogP contribution in [0.1, 0.15) is 18.9 Å². The lowest BCUT2D eigenvalue weighted by molar-refractivity contribution is -0.134. The number of nitrogens with zero attached hydrogens (tertiary/aromatic N) is 1. The molecule has 1 aromatic heterocycles. The number of esters is 1. The number of hydrogen-bond donors (Lipinski definition) is 1. The van der Waals surface area contributed by atoms with Crippen molar-refractivity contribution in [2.24, 2.45) is 0 Å². The summed E-state index contributed by atoms with van der Waals surface area (Å²) in [7, 11) is 1.35. The van der Waals surface area contributed by atoms with Crippen molar-refractivity contribution >= 4 is 17.3 Å². The molecule has 0 fully saturated rings. The van der Waals surface area contributed by atoms with E-state index in [1.165, 1.54) is 13.2 Å². The smallest absolute Gasteiger partial charge is 0.331 e. The summed E-state index contributed by atoms with van der Waals surface area (Å²) in [6.07, 6.45) is 4.68. The highest BCUT2D eigenvalue weighted by molar-refractivity contribution is 7.09. The third-order valence-corrected chi connectivity index (χ3v) is 2.93. The zero-order chi connectivity index (χ0) is 11.3. The van der Waals surface area contributed by atoms with Crippen LogP contribution in [0.4, 0.5) is 0 Å². The number of thiazole rings is 1. The minimum absolute atomic E-state index is 0.279. The van der Waals surface area contributed by atoms with Crippen molar-refractivity contribution in [1.29, 1.82) is 0 Å². The van der Waals surface area contributed by atoms with Gasteiger partial charge >= 0.3 is 5.97 Å². The third-order valence-electron chi connectivity index (χ3n) is 1.83. The molecule has 0 atom stereocenters. The third kappa shape index (κ3) is 3.36. The summed E-state index contributed by atoms with van der Waals surface area (Å²) in [4.78, 5) is 15.0. The van der Waals surface area contributed by atoms with E-state index in [2.05, 4.69) is 15.0 Å². The first kappa shape index (κ1) is 11.7. The molecule has 82 valence electrons. The molecule has 4 nitrogen and oxygen atoms in total. The number of ether oxygens (including phenoxy) is 1. The molecule has 0 aliphatic rings. The van der Waals surface area contributed by atoms with Crippen molar-refractivity contribution in [2.75, 3.05) is 7.11 Å². The molecule has 5 heteroatoms. The fourth-order valence-corrected chi connectivity index (χ4v) is 1.71. The van der Waals surface area contributed by atoms with Crippen molar-refractivity contribution in [2.45, 2.75) is 19.4 Å². The molecular weight excluding hydrogens is 212 g/mol. The van der Waals surface area contributed by atoms with Gasteiger partial charge in [-0.2, -0.15) is 0 Å². The van der Waals surface area contributed by atoms with E-state index in [1.807, 2.05) is 19.2 Å². The quantitative estimate of drug-likeness (QED) is 0.626. The van der Waals surface area contributed by atoms with Crippen LogP contribution in [-0.2, 0) is 15.1 Å². The second kappa shape index (κ2) is 4.93. The molecule has 15 heavy (non-hydrogen) atoms. The van der Waals surface area contributed by atoms with Crippen LogP contribution < -0.4 is 5.32 Å². The van der Waals surface area contributed by atoms with E-state index in [1.54, 1.807) is 23.7 Å². The molecule has 0 radical (unpaired) electrons. The number of rotatable bonds is 4. The second-order valence-corrected chi connectivity index (χ2v) is 4.36. The number of aromatic nitrogens is 1. The molecule has 0 unspecified atom stereocenters. The van der Waals surface area contributed by atoms with Gasteiger partial charge in [0.1, 0.15) is 5.01 Å². The van der Waals surface area contributed by atoms with E-state index in [0.717, 1.165) is 5.01 Å². The van der Waals surface area contributed by atoms with Crippen molar-refractivity contribution in [1.82, 2.24) is 10.3 Å². The van der Waals surface area contributed by atoms with Gasteiger partial charge < -0.3 is 10.1 Å². The Balaban J connectivity index is 2.58. The Hall–Kier alpha value is -1.36. The van der Waals surface area contributed by atoms with Crippen LogP contribution in [0.15, 0.2) is 23.9 Å². The Labute approximate surface area is 93.0 Å². The molecular formula is C10H14N2O2S. The normalized spacial score (nSPS) is 11.7. The summed E-state index contributed by atoms with van der Waals surface area (Å²) in [6.45, 7) is 3.99. The van der Waals surface area contributed by atoms with Crippen molar-refractivity contribution in [3.63, 3.8) is 0 Å². The lowest BCUT2D eigenvalue weighted by Gasteiger charge is -2.22. The molecule has 0 bridgehead atoms. The molecule has 0 aliphatic carbocycles. The molecule has 0 amide bonds. The van der Waals surface area contributed by atoms with Crippen LogP contribution in [0.5, 0.6) is 0 Å². The molecule has 0 aromatic carbocycles. The van der Waals surface area contributed by atoms with Crippen molar-refractivity contribution in [3.8, 4) is 0 Å². The Bertz CT molecular complexity index is 344. The Morgan fingerprint density at radius 2 is 2.40 bits per heavy atom. The first-order valence-electron chi connectivity index (χ1n) is 4.48. The first-order valence-corrected chi connectivity index (χ1v) is 5.36. The van der Waals surface area contributed by atoms with Crippen LogP contribution in [0.3, 0.4) is 0 Å². The maximum Gasteiger partial charge on any atom is 0.331 e. The summed E-state index contributed by atoms with van der Waals surface area (Å²) < 4.78 is 4.48. The summed E-state index contributed by atoms with van der Waals surface area (Å²) in [5, 5.41) is 5.98. The number of methoxy groups -OCH3 is 1. The predicted octanol–water partition coefficient (Wildman–Crippen LogP) is 1.65. The van der Waals surface area contributed by atoms with E-state index in [4.69, 9.17) is 0 Å². The molecule has 0 saturated heterocycles. The van der Waals surface area contributed by atoms with E-state index >= 15 is 0 Å². The van der Waals surface area contributed by atoms with Gasteiger partial charge in [0.25, 0.3) is 0 Å². The molecule has 0 saturated carbocycles. The zero-order valence-corrected chi connectivity index (χ0v) is 9.80. The number of hydrogen-bond acceptors (Lipinski definition) is 5. The Kier molecular flexibility index (Phi) is 3.85. The Morgan fingerprint density at radius 3 is 2.93 bits per heavy atom. The molecule has 1 aromatic rings. The van der Waals surface area contributed by atoms with Gasteiger partial charge in [0.05, 0.1) is 12.6 Å². The topological polar surface area (TPSA) is 51.2 Å². The molecule has 1 heterocycles. The highest BCUT2D eigenvalue weighted by atomic mass is 32.1. The predicted molar refractivity (Wildman–Crippen MR) is 59.4 cm³/mol. The van der Waals surface area contributed by atoms with Crippen LogP contribution in [-0.4, -0.2) is 18.1 Å². The van der Waals surface area contributed by atoms with Gasteiger partial charge in [-0.1, -0.05) is 0 Å². The van der Waals surface area contributed by atoms with Gasteiger partial charge in [0.2, 0.25) is 0 Å². The number of nitrogens with one attached hydrogen (secondary N) is 1. The maximum atomic E-state index is 10.8. The monoisotopic (exact) mass is 226 g/mol. The fourth-order valence-electron chi connectivity index (χ4n) is 0.980. The van der Waals surface area contributed by atoms with Crippen molar-refractivity contribution in [3.05, 3.63) is 28.9 Å². The van der Waals surface area contributed by atoms with Gasteiger partial charge in [-0.25, -0.2) is 9.78 Å². The fraction of sp³-hybridized carbons (Fsp3) is 0.400. The first-order chi connectivity index (χ1) is 7.06.